The van der Waals surface area contributed by atoms with E-state index in [1.54, 1.807) is 0 Å². The smallest absolute Gasteiger partial charge is 0.307 e. The Morgan fingerprint density at radius 1 is 1.77 bits per heavy atom. The van der Waals surface area contributed by atoms with Crippen molar-refractivity contribution in [3.8, 4) is 5.88 Å². The molecule has 0 aromatic carbocycles. The zero-order valence-corrected chi connectivity index (χ0v) is 6.95. The lowest BCUT2D eigenvalue weighted by molar-refractivity contribution is -0.136. The van der Waals surface area contributed by atoms with Gasteiger partial charge in [0.1, 0.15) is 0 Å². The Hall–Kier alpha value is -1.65. The van der Waals surface area contributed by atoms with E-state index in [2.05, 4.69) is 9.72 Å². The Morgan fingerprint density at radius 3 is 2.92 bits per heavy atom. The van der Waals surface area contributed by atoms with Crippen molar-refractivity contribution in [1.29, 1.82) is 0 Å². The maximum atomic E-state index is 12.9. The summed E-state index contributed by atoms with van der Waals surface area (Å²) in [6.07, 6.45) is 1.03. The minimum Gasteiger partial charge on any atom is -0.481 e. The third-order valence-electron chi connectivity index (χ3n) is 1.41. The first-order valence-corrected chi connectivity index (χ1v) is 3.53. The van der Waals surface area contributed by atoms with Gasteiger partial charge < -0.3 is 9.84 Å². The third kappa shape index (κ3) is 2.40. The van der Waals surface area contributed by atoms with E-state index >= 15 is 0 Å². The molecule has 1 aromatic heterocycles. The van der Waals surface area contributed by atoms with Crippen molar-refractivity contribution >= 4 is 5.97 Å². The van der Waals surface area contributed by atoms with Crippen LogP contribution in [0.4, 0.5) is 4.39 Å². The maximum Gasteiger partial charge on any atom is 0.307 e. The molecular weight excluding hydrogens is 177 g/mol. The van der Waals surface area contributed by atoms with E-state index in [9.17, 15) is 9.18 Å². The number of pyridine rings is 1. The van der Waals surface area contributed by atoms with Crippen molar-refractivity contribution in [1.82, 2.24) is 4.98 Å². The van der Waals surface area contributed by atoms with E-state index in [1.807, 2.05) is 0 Å². The molecular formula is C8H8FNO3. The molecule has 1 heterocycles. The number of hydrogen-bond acceptors (Lipinski definition) is 3. The van der Waals surface area contributed by atoms with Gasteiger partial charge in [-0.25, -0.2) is 9.37 Å². The van der Waals surface area contributed by atoms with Crippen molar-refractivity contribution in [2.75, 3.05) is 7.11 Å². The predicted octanol–water partition coefficient (Wildman–Crippen LogP) is 0.856. The second-order valence-corrected chi connectivity index (χ2v) is 2.41. The summed E-state index contributed by atoms with van der Waals surface area (Å²) in [4.78, 5) is 13.8. The van der Waals surface area contributed by atoms with Gasteiger partial charge in [-0.2, -0.15) is 0 Å². The van der Waals surface area contributed by atoms with Gasteiger partial charge in [-0.05, 0) is 11.6 Å². The van der Waals surface area contributed by atoms with Crippen molar-refractivity contribution in [2.45, 2.75) is 6.42 Å². The highest BCUT2D eigenvalue weighted by Gasteiger charge is 2.07. The second kappa shape index (κ2) is 3.84. The molecule has 13 heavy (non-hydrogen) atoms. The summed E-state index contributed by atoms with van der Waals surface area (Å²) >= 11 is 0. The number of carbonyl (C=O) groups is 1. The zero-order valence-electron chi connectivity index (χ0n) is 6.95. The molecule has 0 atom stereocenters. The molecule has 0 saturated carbocycles. The summed E-state index contributed by atoms with van der Waals surface area (Å²) in [5.74, 6) is -1.80. The van der Waals surface area contributed by atoms with Crippen LogP contribution in [0.3, 0.4) is 0 Å². The summed E-state index contributed by atoms with van der Waals surface area (Å²) in [6, 6.07) is 1.10. The van der Waals surface area contributed by atoms with Crippen LogP contribution in [-0.2, 0) is 11.2 Å². The fourth-order valence-electron chi connectivity index (χ4n) is 0.886. The van der Waals surface area contributed by atoms with E-state index < -0.39 is 11.8 Å². The number of methoxy groups -OCH3 is 1. The van der Waals surface area contributed by atoms with Crippen molar-refractivity contribution in [3.05, 3.63) is 23.6 Å². The van der Waals surface area contributed by atoms with Gasteiger partial charge >= 0.3 is 5.97 Å². The highest BCUT2D eigenvalue weighted by atomic mass is 19.1. The van der Waals surface area contributed by atoms with Gasteiger partial charge in [0.25, 0.3) is 0 Å². The topological polar surface area (TPSA) is 59.4 Å². The van der Waals surface area contributed by atoms with Crippen LogP contribution in [0.2, 0.25) is 0 Å². The molecule has 0 aliphatic rings. The van der Waals surface area contributed by atoms with Gasteiger partial charge in [0, 0.05) is 6.20 Å². The fourth-order valence-corrected chi connectivity index (χ4v) is 0.886. The van der Waals surface area contributed by atoms with E-state index in [4.69, 9.17) is 5.11 Å². The van der Waals surface area contributed by atoms with Gasteiger partial charge in [0.05, 0.1) is 13.5 Å². The molecule has 1 N–H and O–H groups in total. The molecule has 70 valence electrons. The molecule has 0 aliphatic heterocycles. The lowest BCUT2D eigenvalue weighted by atomic mass is 10.2. The molecule has 0 bridgehead atoms. The summed E-state index contributed by atoms with van der Waals surface area (Å²) < 4.78 is 17.5. The molecule has 0 saturated heterocycles. The quantitative estimate of drug-likeness (QED) is 0.758. The van der Waals surface area contributed by atoms with Crippen LogP contribution in [-0.4, -0.2) is 23.2 Å². The number of aliphatic carboxylic acids is 1. The second-order valence-electron chi connectivity index (χ2n) is 2.41. The van der Waals surface area contributed by atoms with Crippen LogP contribution in [0.25, 0.3) is 0 Å². The number of rotatable bonds is 3. The molecule has 5 heteroatoms. The molecule has 0 radical (unpaired) electrons. The number of aromatic nitrogens is 1. The standard InChI is InChI=1S/C8H8FNO3/c1-13-8-6(9)2-5(4-10-8)3-7(11)12/h2,4H,3H2,1H3,(H,11,12). The molecule has 0 fully saturated rings. The lowest BCUT2D eigenvalue weighted by Gasteiger charge is -2.01. The molecule has 1 aromatic rings. The number of carboxylic acid groups (broad SMARTS) is 1. The van der Waals surface area contributed by atoms with Gasteiger partial charge in [-0.1, -0.05) is 0 Å². The summed E-state index contributed by atoms with van der Waals surface area (Å²) in [7, 11) is 1.29. The number of halogens is 1. The lowest BCUT2D eigenvalue weighted by Crippen LogP contribution is -2.02. The minimum absolute atomic E-state index is 0.130. The predicted molar refractivity (Wildman–Crippen MR) is 42.1 cm³/mol. The average Bonchev–Trinajstić information content (AvgIpc) is 2.03. The normalized spacial score (nSPS) is 9.69. The van der Waals surface area contributed by atoms with Crippen molar-refractivity contribution in [3.63, 3.8) is 0 Å². The van der Waals surface area contributed by atoms with Crippen molar-refractivity contribution < 1.29 is 19.0 Å². The monoisotopic (exact) mass is 185 g/mol. The van der Waals surface area contributed by atoms with E-state index in [0.717, 1.165) is 6.07 Å². The van der Waals surface area contributed by atoms with Crippen LogP contribution in [0.15, 0.2) is 12.3 Å². The van der Waals surface area contributed by atoms with Gasteiger partial charge in [-0.3, -0.25) is 4.79 Å². The molecule has 0 spiro atoms. The minimum atomic E-state index is -1.02. The largest absolute Gasteiger partial charge is 0.481 e. The first-order chi connectivity index (χ1) is 6.13. The molecule has 0 amide bonds. The highest BCUT2D eigenvalue weighted by molar-refractivity contribution is 5.70. The Morgan fingerprint density at radius 2 is 2.46 bits per heavy atom. The number of hydrogen-bond donors (Lipinski definition) is 1. The van der Waals surface area contributed by atoms with E-state index in [1.165, 1.54) is 13.3 Å². The third-order valence-corrected chi connectivity index (χ3v) is 1.41. The molecule has 1 rings (SSSR count). The van der Waals surface area contributed by atoms with Crippen molar-refractivity contribution in [2.24, 2.45) is 0 Å². The molecule has 4 nitrogen and oxygen atoms in total. The summed E-state index contributed by atoms with van der Waals surface area (Å²) in [6.45, 7) is 0. The van der Waals surface area contributed by atoms with Crippen LogP contribution in [0.1, 0.15) is 5.56 Å². The maximum absolute atomic E-state index is 12.9. The first-order valence-electron chi connectivity index (χ1n) is 3.53. The number of nitrogens with zero attached hydrogens (tertiary/aromatic N) is 1. The Bertz CT molecular complexity index is 327. The Labute approximate surface area is 74.0 Å². The van der Waals surface area contributed by atoms with Crippen LogP contribution < -0.4 is 4.74 Å². The van der Waals surface area contributed by atoms with E-state index in [-0.39, 0.29) is 12.3 Å². The number of ether oxygens (including phenoxy) is 1. The van der Waals surface area contributed by atoms with E-state index in [0.29, 0.717) is 5.56 Å². The number of carboxylic acids is 1. The summed E-state index contributed by atoms with van der Waals surface area (Å²) in [5, 5.41) is 8.40. The van der Waals surface area contributed by atoms with Gasteiger partial charge in [0.2, 0.25) is 5.88 Å². The SMILES string of the molecule is COc1ncc(CC(=O)O)cc1F. The molecule has 0 unspecified atom stereocenters. The Balaban J connectivity index is 2.89. The van der Waals surface area contributed by atoms with Crippen LogP contribution in [0.5, 0.6) is 5.88 Å². The first kappa shape index (κ1) is 9.44. The van der Waals surface area contributed by atoms with Gasteiger partial charge in [0.15, 0.2) is 5.82 Å². The van der Waals surface area contributed by atoms with Crippen LogP contribution in [0, 0.1) is 5.82 Å². The Kier molecular flexibility index (Phi) is 2.79. The molecule has 0 aliphatic carbocycles. The van der Waals surface area contributed by atoms with Crippen LogP contribution >= 0.6 is 0 Å². The zero-order chi connectivity index (χ0) is 9.84. The average molecular weight is 185 g/mol. The highest BCUT2D eigenvalue weighted by Crippen LogP contribution is 2.13. The van der Waals surface area contributed by atoms with Gasteiger partial charge in [-0.15, -0.1) is 0 Å². The summed E-state index contributed by atoms with van der Waals surface area (Å²) in [5.41, 5.74) is 0.311. The fraction of sp³-hybridized carbons (Fsp3) is 0.250.